The van der Waals surface area contributed by atoms with Gasteiger partial charge >= 0.3 is 5.97 Å². The zero-order valence-electron chi connectivity index (χ0n) is 10.7. The molecule has 5 heteroatoms. The highest BCUT2D eigenvalue weighted by Crippen LogP contribution is 2.26. The topological polar surface area (TPSA) is 69.6 Å². The number of rotatable bonds is 4. The molecule has 0 aromatic carbocycles. The summed E-state index contributed by atoms with van der Waals surface area (Å²) in [7, 11) is 0. The first kappa shape index (κ1) is 13.3. The van der Waals surface area contributed by atoms with Gasteiger partial charge in [0, 0.05) is 32.0 Å². The number of carbonyl (C=O) groups is 2. The van der Waals surface area contributed by atoms with Crippen molar-refractivity contribution in [3.05, 3.63) is 0 Å². The smallest absolute Gasteiger partial charge is 0.303 e. The molecule has 2 aliphatic rings. The van der Waals surface area contributed by atoms with Crippen LogP contribution in [-0.2, 0) is 9.59 Å². The Morgan fingerprint density at radius 2 is 2.28 bits per heavy atom. The Labute approximate surface area is 108 Å². The van der Waals surface area contributed by atoms with E-state index in [0.29, 0.717) is 18.4 Å². The number of hydrogen-bond acceptors (Lipinski definition) is 3. The lowest BCUT2D eigenvalue weighted by Gasteiger charge is -2.25. The summed E-state index contributed by atoms with van der Waals surface area (Å²) in [5.41, 5.74) is 0. The van der Waals surface area contributed by atoms with Crippen molar-refractivity contribution < 1.29 is 14.7 Å². The molecule has 2 unspecified atom stereocenters. The minimum absolute atomic E-state index is 0.159. The Morgan fingerprint density at radius 3 is 3.06 bits per heavy atom. The summed E-state index contributed by atoms with van der Waals surface area (Å²) in [6, 6.07) is 0.363. The van der Waals surface area contributed by atoms with Crippen molar-refractivity contribution in [2.75, 3.05) is 19.6 Å². The molecule has 0 spiro atoms. The largest absolute Gasteiger partial charge is 0.481 e. The van der Waals surface area contributed by atoms with E-state index in [2.05, 4.69) is 10.2 Å². The van der Waals surface area contributed by atoms with Gasteiger partial charge in [-0.15, -0.1) is 0 Å². The Balaban J connectivity index is 1.80. The van der Waals surface area contributed by atoms with Gasteiger partial charge in [-0.05, 0) is 38.1 Å². The van der Waals surface area contributed by atoms with Crippen LogP contribution in [0.1, 0.15) is 38.5 Å². The normalized spacial score (nSPS) is 29.9. The second-order valence-electron chi connectivity index (χ2n) is 5.43. The first-order valence-corrected chi connectivity index (χ1v) is 6.87. The van der Waals surface area contributed by atoms with E-state index in [1.807, 2.05) is 0 Å². The zero-order valence-corrected chi connectivity index (χ0v) is 10.7. The maximum atomic E-state index is 11.5. The van der Waals surface area contributed by atoms with E-state index >= 15 is 0 Å². The molecule has 0 aromatic heterocycles. The SMILES string of the molecule is O=C(O)CCC1CCN(C2CCCNC(=O)C2)C1. The van der Waals surface area contributed by atoms with Crippen LogP contribution in [0.15, 0.2) is 0 Å². The van der Waals surface area contributed by atoms with E-state index in [1.54, 1.807) is 0 Å². The molecule has 2 rings (SSSR count). The number of likely N-dealkylation sites (tertiary alicyclic amines) is 1. The second-order valence-corrected chi connectivity index (χ2v) is 5.43. The third-order valence-electron chi connectivity index (χ3n) is 4.06. The van der Waals surface area contributed by atoms with Crippen LogP contribution in [0.2, 0.25) is 0 Å². The molecule has 0 saturated carbocycles. The third kappa shape index (κ3) is 3.70. The van der Waals surface area contributed by atoms with E-state index < -0.39 is 5.97 Å². The number of aliphatic carboxylic acids is 1. The molecule has 2 aliphatic heterocycles. The van der Waals surface area contributed by atoms with Gasteiger partial charge in [-0.2, -0.15) is 0 Å². The predicted octanol–water partition coefficient (Wildman–Crippen LogP) is 0.842. The van der Waals surface area contributed by atoms with Crippen molar-refractivity contribution in [3.63, 3.8) is 0 Å². The van der Waals surface area contributed by atoms with E-state index in [-0.39, 0.29) is 12.3 Å². The number of nitrogens with zero attached hydrogens (tertiary/aromatic N) is 1. The van der Waals surface area contributed by atoms with Gasteiger partial charge in [-0.25, -0.2) is 0 Å². The molecule has 0 aromatic rings. The highest BCUT2D eigenvalue weighted by atomic mass is 16.4. The number of nitrogens with one attached hydrogen (secondary N) is 1. The van der Waals surface area contributed by atoms with Gasteiger partial charge in [-0.3, -0.25) is 14.5 Å². The monoisotopic (exact) mass is 254 g/mol. The van der Waals surface area contributed by atoms with Crippen LogP contribution in [0.25, 0.3) is 0 Å². The molecule has 2 saturated heterocycles. The van der Waals surface area contributed by atoms with E-state index in [0.717, 1.165) is 45.3 Å². The van der Waals surface area contributed by atoms with E-state index in [1.165, 1.54) is 0 Å². The molecule has 0 aliphatic carbocycles. The van der Waals surface area contributed by atoms with Gasteiger partial charge < -0.3 is 10.4 Å². The standard InChI is InChI=1S/C13H22N2O3/c16-12-8-11(2-1-6-14-12)15-7-5-10(9-15)3-4-13(17)18/h10-11H,1-9H2,(H,14,16)(H,17,18). The summed E-state index contributed by atoms with van der Waals surface area (Å²) in [6.07, 6.45) is 4.84. The molecule has 102 valence electrons. The van der Waals surface area contributed by atoms with Crippen molar-refractivity contribution in [3.8, 4) is 0 Å². The van der Waals surface area contributed by atoms with Gasteiger partial charge in [0.05, 0.1) is 0 Å². The summed E-state index contributed by atoms with van der Waals surface area (Å²) < 4.78 is 0. The molecule has 2 heterocycles. The van der Waals surface area contributed by atoms with Crippen LogP contribution < -0.4 is 5.32 Å². The van der Waals surface area contributed by atoms with Crippen molar-refractivity contribution in [2.45, 2.75) is 44.6 Å². The lowest BCUT2D eigenvalue weighted by atomic mass is 10.0. The fraction of sp³-hybridized carbons (Fsp3) is 0.846. The average Bonchev–Trinajstić information content (AvgIpc) is 2.69. The lowest BCUT2D eigenvalue weighted by Crippen LogP contribution is -2.35. The highest BCUT2D eigenvalue weighted by molar-refractivity contribution is 5.76. The predicted molar refractivity (Wildman–Crippen MR) is 67.2 cm³/mol. The maximum Gasteiger partial charge on any atom is 0.303 e. The van der Waals surface area contributed by atoms with Crippen LogP contribution in [0, 0.1) is 5.92 Å². The third-order valence-corrected chi connectivity index (χ3v) is 4.06. The summed E-state index contributed by atoms with van der Waals surface area (Å²) >= 11 is 0. The zero-order chi connectivity index (χ0) is 13.0. The van der Waals surface area contributed by atoms with Gasteiger partial charge in [0.2, 0.25) is 5.91 Å². The fourth-order valence-electron chi connectivity index (χ4n) is 3.02. The van der Waals surface area contributed by atoms with Crippen molar-refractivity contribution in [1.82, 2.24) is 10.2 Å². The number of carboxylic acids is 1. The average molecular weight is 254 g/mol. The van der Waals surface area contributed by atoms with E-state index in [9.17, 15) is 9.59 Å². The number of amides is 1. The lowest BCUT2D eigenvalue weighted by molar-refractivity contribution is -0.137. The van der Waals surface area contributed by atoms with Crippen LogP contribution in [-0.4, -0.2) is 47.6 Å². The van der Waals surface area contributed by atoms with Crippen molar-refractivity contribution in [1.29, 1.82) is 0 Å². The molecule has 2 fully saturated rings. The first-order chi connectivity index (χ1) is 8.65. The summed E-state index contributed by atoms with van der Waals surface area (Å²) in [6.45, 7) is 2.78. The first-order valence-electron chi connectivity index (χ1n) is 6.87. The van der Waals surface area contributed by atoms with Gasteiger partial charge in [0.1, 0.15) is 0 Å². The van der Waals surface area contributed by atoms with Crippen LogP contribution in [0.5, 0.6) is 0 Å². The number of hydrogen-bond donors (Lipinski definition) is 2. The molecule has 1 amide bonds. The van der Waals surface area contributed by atoms with Crippen LogP contribution >= 0.6 is 0 Å². The molecule has 18 heavy (non-hydrogen) atoms. The molecule has 5 nitrogen and oxygen atoms in total. The Hall–Kier alpha value is -1.10. The molecule has 2 N–H and O–H groups in total. The van der Waals surface area contributed by atoms with Crippen molar-refractivity contribution >= 4 is 11.9 Å². The molecular weight excluding hydrogens is 232 g/mol. The Morgan fingerprint density at radius 1 is 1.44 bits per heavy atom. The summed E-state index contributed by atoms with van der Waals surface area (Å²) in [4.78, 5) is 24.5. The van der Waals surface area contributed by atoms with Gasteiger partial charge in [0.15, 0.2) is 0 Å². The molecule has 0 bridgehead atoms. The highest BCUT2D eigenvalue weighted by Gasteiger charge is 2.30. The number of carbonyl (C=O) groups excluding carboxylic acids is 1. The second kappa shape index (κ2) is 6.18. The minimum Gasteiger partial charge on any atom is -0.481 e. The maximum absolute atomic E-state index is 11.5. The minimum atomic E-state index is -0.706. The van der Waals surface area contributed by atoms with Gasteiger partial charge in [-0.1, -0.05) is 0 Å². The Kier molecular flexibility index (Phi) is 4.58. The molecule has 2 atom stereocenters. The van der Waals surface area contributed by atoms with Crippen LogP contribution in [0.3, 0.4) is 0 Å². The van der Waals surface area contributed by atoms with E-state index in [4.69, 9.17) is 5.11 Å². The van der Waals surface area contributed by atoms with Crippen LogP contribution in [0.4, 0.5) is 0 Å². The fourth-order valence-corrected chi connectivity index (χ4v) is 3.02. The quantitative estimate of drug-likeness (QED) is 0.780. The molecule has 0 radical (unpaired) electrons. The summed E-state index contributed by atoms with van der Waals surface area (Å²) in [5, 5.41) is 11.6. The van der Waals surface area contributed by atoms with Crippen molar-refractivity contribution in [2.24, 2.45) is 5.92 Å². The number of carboxylic acid groups (broad SMARTS) is 1. The summed E-state index contributed by atoms with van der Waals surface area (Å²) in [5.74, 6) is -0.0544. The van der Waals surface area contributed by atoms with Gasteiger partial charge in [0.25, 0.3) is 0 Å². The molecular formula is C13H22N2O3. The Bertz CT molecular complexity index is 319.